The molecule has 45 heavy (non-hydrogen) atoms. The third-order valence-electron chi connectivity index (χ3n) is 7.57. The summed E-state index contributed by atoms with van der Waals surface area (Å²) in [6.45, 7) is 9.39. The van der Waals surface area contributed by atoms with Gasteiger partial charge in [0, 0.05) is 50.3 Å². The van der Waals surface area contributed by atoms with Gasteiger partial charge in [0.05, 0.1) is 72.7 Å². The van der Waals surface area contributed by atoms with Crippen molar-refractivity contribution in [3.63, 3.8) is 0 Å². The van der Waals surface area contributed by atoms with Crippen LogP contribution in [0.5, 0.6) is 0 Å². The maximum Gasteiger partial charge on any atom is 0.222 e. The minimum atomic E-state index is 0.0339. The van der Waals surface area contributed by atoms with Crippen LogP contribution in [0.3, 0.4) is 0 Å². The number of rotatable bonds is 31. The largest absolute Gasteiger partial charge is 0.379 e. The molecule has 2 heterocycles. The second-order valence-corrected chi connectivity index (χ2v) is 12.6. The molecule has 0 aromatic rings. The average molecular weight is 662 g/mol. The van der Waals surface area contributed by atoms with E-state index in [0.29, 0.717) is 122 Å². The molecule has 2 fully saturated rings. The third kappa shape index (κ3) is 21.1. The van der Waals surface area contributed by atoms with Crippen molar-refractivity contribution >= 4 is 29.5 Å². The minimum Gasteiger partial charge on any atom is -0.379 e. The van der Waals surface area contributed by atoms with Crippen LogP contribution in [0.4, 0.5) is 0 Å². The highest BCUT2D eigenvalue weighted by atomic mass is 32.2. The molecular formula is C32H59N3O9S. The van der Waals surface area contributed by atoms with Crippen molar-refractivity contribution < 1.29 is 42.8 Å². The van der Waals surface area contributed by atoms with Crippen molar-refractivity contribution in [3.8, 4) is 0 Å². The Morgan fingerprint density at radius 3 is 1.82 bits per heavy atom. The van der Waals surface area contributed by atoms with Crippen LogP contribution in [-0.2, 0) is 42.8 Å². The quantitative estimate of drug-likeness (QED) is 0.0949. The van der Waals surface area contributed by atoms with E-state index in [1.165, 1.54) is 0 Å². The fourth-order valence-corrected chi connectivity index (χ4v) is 6.73. The number of amides is 3. The van der Waals surface area contributed by atoms with Crippen molar-refractivity contribution in [2.75, 3.05) is 98.1 Å². The second kappa shape index (κ2) is 27.6. The van der Waals surface area contributed by atoms with E-state index in [-0.39, 0.29) is 17.7 Å². The summed E-state index contributed by atoms with van der Waals surface area (Å²) < 4.78 is 32.9. The van der Waals surface area contributed by atoms with Crippen molar-refractivity contribution in [2.24, 2.45) is 5.92 Å². The number of unbranched alkanes of at least 4 members (excludes halogenated alkanes) is 3. The zero-order valence-electron chi connectivity index (χ0n) is 27.5. The molecule has 3 amide bonds. The normalized spacial score (nSPS) is 19.0. The molecule has 0 spiro atoms. The van der Waals surface area contributed by atoms with Crippen molar-refractivity contribution in [2.45, 2.75) is 82.4 Å². The molecule has 262 valence electrons. The Kier molecular flexibility index (Phi) is 24.4. The lowest BCUT2D eigenvalue weighted by Crippen LogP contribution is -2.34. The van der Waals surface area contributed by atoms with E-state index in [4.69, 9.17) is 28.4 Å². The van der Waals surface area contributed by atoms with Crippen LogP contribution < -0.4 is 16.0 Å². The summed E-state index contributed by atoms with van der Waals surface area (Å²) in [5.41, 5.74) is 0. The van der Waals surface area contributed by atoms with Crippen molar-refractivity contribution in [3.05, 3.63) is 0 Å². The van der Waals surface area contributed by atoms with E-state index in [1.807, 2.05) is 11.8 Å². The van der Waals surface area contributed by atoms with Gasteiger partial charge in [0.25, 0.3) is 0 Å². The molecule has 2 aliphatic rings. The molecule has 2 rings (SSSR count). The van der Waals surface area contributed by atoms with Gasteiger partial charge in [-0.25, -0.2) is 0 Å². The predicted molar refractivity (Wildman–Crippen MR) is 174 cm³/mol. The van der Waals surface area contributed by atoms with E-state index >= 15 is 0 Å². The Hall–Kier alpha value is -1.48. The summed E-state index contributed by atoms with van der Waals surface area (Å²) in [5, 5.41) is 9.48. The number of hydrogen-bond donors (Lipinski definition) is 3. The van der Waals surface area contributed by atoms with Gasteiger partial charge in [-0.2, -0.15) is 11.8 Å². The third-order valence-corrected chi connectivity index (χ3v) is 9.15. The number of ether oxygens (including phenoxy) is 6. The van der Waals surface area contributed by atoms with Crippen LogP contribution in [0.1, 0.15) is 71.1 Å². The second-order valence-electron chi connectivity index (χ2n) is 11.4. The number of carbonyl (C=O) groups is 3. The number of fused-ring (bicyclic) bond motifs is 1. The van der Waals surface area contributed by atoms with Gasteiger partial charge >= 0.3 is 0 Å². The molecule has 0 radical (unpaired) electrons. The Balaban J connectivity index is 1.19. The molecular weight excluding hydrogens is 602 g/mol. The van der Waals surface area contributed by atoms with E-state index in [0.717, 1.165) is 57.2 Å². The fourth-order valence-electron chi connectivity index (χ4n) is 5.08. The molecule has 3 N–H and O–H groups in total. The highest BCUT2D eigenvalue weighted by molar-refractivity contribution is 8.00. The lowest BCUT2D eigenvalue weighted by Gasteiger charge is -2.17. The van der Waals surface area contributed by atoms with Gasteiger partial charge in [-0.1, -0.05) is 26.2 Å². The van der Waals surface area contributed by atoms with Gasteiger partial charge < -0.3 is 44.4 Å². The molecule has 0 unspecified atom stereocenters. The fraction of sp³-hybridized carbons (Fsp3) is 0.906. The molecule has 2 saturated heterocycles. The van der Waals surface area contributed by atoms with Crippen molar-refractivity contribution in [1.29, 1.82) is 0 Å². The molecule has 3 atom stereocenters. The van der Waals surface area contributed by atoms with E-state index in [2.05, 4.69) is 22.9 Å². The molecule has 0 aromatic heterocycles. The van der Waals surface area contributed by atoms with Crippen LogP contribution in [0.25, 0.3) is 0 Å². The zero-order valence-corrected chi connectivity index (χ0v) is 28.3. The standard InChI is InChI=1S/C32H59N3O9S/c1-2-3-6-11-33-30(37)10-14-40-16-18-42-20-22-44-24-23-43-21-19-41-17-15-39-13-7-12-34-29(36)9-5-4-8-28-32-27(26-45-28)25-31(38)35-32/h27-28,32H,2-26H2,1H3,(H,33,37)(H,34,36)(H,35,38)/t27-,28-,32-/m0/s1. The smallest absolute Gasteiger partial charge is 0.222 e. The molecule has 0 bridgehead atoms. The van der Waals surface area contributed by atoms with Crippen LogP contribution >= 0.6 is 11.8 Å². The molecule has 12 nitrogen and oxygen atoms in total. The first-order chi connectivity index (χ1) is 22.1. The van der Waals surface area contributed by atoms with E-state index in [1.54, 1.807) is 0 Å². The Morgan fingerprint density at radius 1 is 0.689 bits per heavy atom. The summed E-state index contributed by atoms with van der Waals surface area (Å²) in [5.74, 6) is 1.90. The summed E-state index contributed by atoms with van der Waals surface area (Å²) in [4.78, 5) is 35.2. The van der Waals surface area contributed by atoms with Crippen LogP contribution in [0, 0.1) is 5.92 Å². The lowest BCUT2D eigenvalue weighted by atomic mass is 9.97. The molecule has 0 saturated carbocycles. The Labute approximate surface area is 274 Å². The van der Waals surface area contributed by atoms with Gasteiger partial charge in [-0.3, -0.25) is 14.4 Å². The molecule has 13 heteroatoms. The maximum atomic E-state index is 12.0. The summed E-state index contributed by atoms with van der Waals surface area (Å²) in [6, 6.07) is 0.342. The van der Waals surface area contributed by atoms with Gasteiger partial charge in [0.2, 0.25) is 17.7 Å². The molecule has 0 aromatic carbocycles. The number of hydrogen-bond acceptors (Lipinski definition) is 10. The Morgan fingerprint density at radius 2 is 1.22 bits per heavy atom. The zero-order chi connectivity index (χ0) is 32.2. The lowest BCUT2D eigenvalue weighted by molar-refractivity contribution is -0.122. The summed E-state index contributed by atoms with van der Waals surface area (Å²) in [7, 11) is 0. The average Bonchev–Trinajstić information content (AvgIpc) is 3.59. The molecule has 2 aliphatic heterocycles. The van der Waals surface area contributed by atoms with E-state index < -0.39 is 0 Å². The predicted octanol–water partition coefficient (Wildman–Crippen LogP) is 2.47. The maximum absolute atomic E-state index is 12.0. The molecule has 0 aliphatic carbocycles. The number of carbonyl (C=O) groups excluding carboxylic acids is 3. The highest BCUT2D eigenvalue weighted by Gasteiger charge is 2.42. The van der Waals surface area contributed by atoms with Crippen LogP contribution in [0.15, 0.2) is 0 Å². The van der Waals surface area contributed by atoms with Gasteiger partial charge in [0.15, 0.2) is 0 Å². The van der Waals surface area contributed by atoms with Gasteiger partial charge in [-0.15, -0.1) is 0 Å². The van der Waals surface area contributed by atoms with Gasteiger partial charge in [-0.05, 0) is 37.4 Å². The van der Waals surface area contributed by atoms with Gasteiger partial charge in [0.1, 0.15) is 0 Å². The summed E-state index contributed by atoms with van der Waals surface area (Å²) >= 11 is 1.97. The van der Waals surface area contributed by atoms with Crippen LogP contribution in [0.2, 0.25) is 0 Å². The Bertz CT molecular complexity index is 780. The summed E-state index contributed by atoms with van der Waals surface area (Å²) in [6.07, 6.45) is 8.65. The van der Waals surface area contributed by atoms with E-state index in [9.17, 15) is 14.4 Å². The van der Waals surface area contributed by atoms with Crippen LogP contribution in [-0.4, -0.2) is 127 Å². The first kappa shape index (κ1) is 39.7. The highest BCUT2D eigenvalue weighted by Crippen LogP contribution is 2.39. The van der Waals surface area contributed by atoms with Crippen molar-refractivity contribution in [1.82, 2.24) is 16.0 Å². The minimum absolute atomic E-state index is 0.0339. The SMILES string of the molecule is CCCCCNC(=O)CCOCCOCCOCCOCCOCCOCCCNC(=O)CCCC[C@@H]1SC[C@@H]2CC(=O)N[C@@H]21. The topological polar surface area (TPSA) is 143 Å². The number of thioether (sulfide) groups is 1. The number of nitrogens with one attached hydrogen (secondary N) is 3. The first-order valence-corrected chi connectivity index (χ1v) is 18.1. The monoisotopic (exact) mass is 661 g/mol. The first-order valence-electron chi connectivity index (χ1n) is 17.0.